The van der Waals surface area contributed by atoms with Crippen molar-refractivity contribution in [3.05, 3.63) is 30.5 Å². The van der Waals surface area contributed by atoms with Gasteiger partial charge in [0.15, 0.2) is 0 Å². The van der Waals surface area contributed by atoms with Crippen LogP contribution in [-0.4, -0.2) is 16.0 Å². The zero-order valence-electron chi connectivity index (χ0n) is 8.36. The lowest BCUT2D eigenvalue weighted by Crippen LogP contribution is -2.15. The molecule has 0 spiro atoms. The maximum Gasteiger partial charge on any atom is 0.140 e. The van der Waals surface area contributed by atoms with E-state index in [0.29, 0.717) is 0 Å². The van der Waals surface area contributed by atoms with Crippen LogP contribution in [0.4, 0.5) is 0 Å². The molecule has 0 radical (unpaired) electrons. The molecule has 15 heavy (non-hydrogen) atoms. The summed E-state index contributed by atoms with van der Waals surface area (Å²) in [6.45, 7) is 0.871. The lowest BCUT2D eigenvalue weighted by Gasteiger charge is -1.98. The van der Waals surface area contributed by atoms with Gasteiger partial charge in [0.2, 0.25) is 0 Å². The summed E-state index contributed by atoms with van der Waals surface area (Å²) in [5.74, 6) is 0.872. The van der Waals surface area contributed by atoms with E-state index in [-0.39, 0.29) is 0 Å². The second-order valence-corrected chi connectivity index (χ2v) is 3.92. The molecule has 0 unspecified atom stereocenters. The molecule has 0 atom stereocenters. The Bertz CT molecular complexity index is 428. The van der Waals surface area contributed by atoms with Gasteiger partial charge in [-0.15, -0.1) is 0 Å². The molecule has 0 saturated heterocycles. The van der Waals surface area contributed by atoms with Gasteiger partial charge in [-0.3, -0.25) is 0 Å². The Morgan fingerprint density at radius 2 is 2.47 bits per heavy atom. The molecule has 1 fully saturated rings. The molecule has 2 aromatic rings. The number of aromatic nitrogens is 2. The van der Waals surface area contributed by atoms with Gasteiger partial charge in [0.25, 0.3) is 0 Å². The number of hydrogen-bond donors (Lipinski definition) is 2. The summed E-state index contributed by atoms with van der Waals surface area (Å²) < 4.78 is 5.01. The first-order valence-corrected chi connectivity index (χ1v) is 5.21. The van der Waals surface area contributed by atoms with E-state index >= 15 is 0 Å². The van der Waals surface area contributed by atoms with Gasteiger partial charge >= 0.3 is 0 Å². The molecule has 0 bridgehead atoms. The van der Waals surface area contributed by atoms with Crippen LogP contribution in [0, 0.1) is 0 Å². The summed E-state index contributed by atoms with van der Waals surface area (Å²) in [7, 11) is 0. The van der Waals surface area contributed by atoms with Crippen molar-refractivity contribution in [3.63, 3.8) is 0 Å². The third-order valence-electron chi connectivity index (χ3n) is 2.58. The summed E-state index contributed by atoms with van der Waals surface area (Å²) in [6, 6.07) is 2.63. The monoisotopic (exact) mass is 203 g/mol. The summed E-state index contributed by atoms with van der Waals surface area (Å²) >= 11 is 0. The maximum atomic E-state index is 5.01. The van der Waals surface area contributed by atoms with Crippen molar-refractivity contribution in [2.24, 2.45) is 0 Å². The van der Waals surface area contributed by atoms with Crippen molar-refractivity contribution in [1.29, 1.82) is 0 Å². The fraction of sp³-hybridized carbons (Fsp3) is 0.364. The molecule has 3 rings (SSSR count). The molecule has 2 N–H and O–H groups in total. The number of rotatable bonds is 4. The fourth-order valence-corrected chi connectivity index (χ4v) is 1.54. The summed E-state index contributed by atoms with van der Waals surface area (Å²) in [6.07, 6.45) is 7.83. The fourth-order valence-electron chi connectivity index (χ4n) is 1.54. The molecule has 1 aliphatic carbocycles. The quantitative estimate of drug-likeness (QED) is 0.798. The van der Waals surface area contributed by atoms with E-state index in [1.165, 1.54) is 12.8 Å². The normalized spacial score (nSPS) is 15.7. The number of aromatic amines is 1. The zero-order valence-corrected chi connectivity index (χ0v) is 8.36. The maximum absolute atomic E-state index is 5.01. The van der Waals surface area contributed by atoms with Crippen LogP contribution in [0.25, 0.3) is 11.4 Å². The highest BCUT2D eigenvalue weighted by Crippen LogP contribution is 2.20. The second kappa shape index (κ2) is 3.55. The summed E-state index contributed by atoms with van der Waals surface area (Å²) in [5, 5.41) is 3.44. The molecule has 4 heteroatoms. The molecule has 2 heterocycles. The predicted octanol–water partition coefficient (Wildman–Crippen LogP) is 1.92. The molecule has 78 valence electrons. The van der Waals surface area contributed by atoms with Gasteiger partial charge in [-0.25, -0.2) is 4.98 Å². The standard InChI is InChI=1S/C11H13N3O/c1-2-9(1)12-5-10-6-13-11(14-10)8-3-4-15-7-8/h3-4,6-7,9,12H,1-2,5H2,(H,13,14). The second-order valence-electron chi connectivity index (χ2n) is 3.92. The minimum Gasteiger partial charge on any atom is -0.472 e. The van der Waals surface area contributed by atoms with E-state index in [1.54, 1.807) is 12.5 Å². The number of H-pyrrole nitrogens is 1. The first-order valence-electron chi connectivity index (χ1n) is 5.21. The van der Waals surface area contributed by atoms with Gasteiger partial charge in [-0.2, -0.15) is 0 Å². The SMILES string of the molecule is c1cc(-c2ncc(CNC3CC3)[nH]2)co1. The molecule has 1 saturated carbocycles. The number of imidazole rings is 1. The van der Waals surface area contributed by atoms with E-state index in [1.807, 2.05) is 12.3 Å². The predicted molar refractivity (Wildman–Crippen MR) is 56.2 cm³/mol. The van der Waals surface area contributed by atoms with Crippen LogP contribution in [0.5, 0.6) is 0 Å². The summed E-state index contributed by atoms with van der Waals surface area (Å²) in [4.78, 5) is 7.57. The zero-order chi connectivity index (χ0) is 10.1. The smallest absolute Gasteiger partial charge is 0.140 e. The van der Waals surface area contributed by atoms with E-state index in [9.17, 15) is 0 Å². The minimum absolute atomic E-state index is 0.727. The molecule has 0 amide bonds. The largest absolute Gasteiger partial charge is 0.472 e. The highest BCUT2D eigenvalue weighted by atomic mass is 16.3. The van der Waals surface area contributed by atoms with E-state index in [4.69, 9.17) is 4.42 Å². The van der Waals surface area contributed by atoms with Gasteiger partial charge in [-0.05, 0) is 18.9 Å². The highest BCUT2D eigenvalue weighted by Gasteiger charge is 2.20. The van der Waals surface area contributed by atoms with E-state index in [0.717, 1.165) is 29.7 Å². The first-order chi connectivity index (χ1) is 7.42. The van der Waals surface area contributed by atoms with Crippen LogP contribution in [0.1, 0.15) is 18.5 Å². The third kappa shape index (κ3) is 1.94. The first kappa shape index (κ1) is 8.73. The van der Waals surface area contributed by atoms with E-state index in [2.05, 4.69) is 15.3 Å². The third-order valence-corrected chi connectivity index (χ3v) is 2.58. The highest BCUT2D eigenvalue weighted by molar-refractivity contribution is 5.52. The lowest BCUT2D eigenvalue weighted by molar-refractivity contribution is 0.568. The van der Waals surface area contributed by atoms with Crippen LogP contribution >= 0.6 is 0 Å². The van der Waals surface area contributed by atoms with Crippen molar-refractivity contribution >= 4 is 0 Å². The van der Waals surface area contributed by atoms with Gasteiger partial charge in [0.05, 0.1) is 11.8 Å². The number of furan rings is 1. The van der Waals surface area contributed by atoms with Crippen molar-refractivity contribution in [3.8, 4) is 11.4 Å². The number of hydrogen-bond acceptors (Lipinski definition) is 3. The van der Waals surface area contributed by atoms with Gasteiger partial charge in [-0.1, -0.05) is 0 Å². The van der Waals surface area contributed by atoms with Crippen molar-refractivity contribution < 1.29 is 4.42 Å². The molecule has 2 aromatic heterocycles. The minimum atomic E-state index is 0.727. The Balaban J connectivity index is 1.69. The van der Waals surface area contributed by atoms with Crippen LogP contribution in [0.2, 0.25) is 0 Å². The Labute approximate surface area is 87.7 Å². The van der Waals surface area contributed by atoms with Crippen molar-refractivity contribution in [1.82, 2.24) is 15.3 Å². The Morgan fingerprint density at radius 1 is 1.53 bits per heavy atom. The van der Waals surface area contributed by atoms with Crippen LogP contribution in [0.15, 0.2) is 29.2 Å². The van der Waals surface area contributed by atoms with Crippen LogP contribution < -0.4 is 5.32 Å². The molecule has 4 nitrogen and oxygen atoms in total. The Kier molecular flexibility index (Phi) is 2.07. The molecule has 1 aliphatic rings. The summed E-state index contributed by atoms with van der Waals surface area (Å²) in [5.41, 5.74) is 2.12. The Hall–Kier alpha value is -1.55. The average Bonchev–Trinajstić information content (AvgIpc) is 2.78. The molecule has 0 aromatic carbocycles. The van der Waals surface area contributed by atoms with Crippen molar-refractivity contribution in [2.75, 3.05) is 0 Å². The van der Waals surface area contributed by atoms with Crippen LogP contribution in [-0.2, 0) is 6.54 Å². The number of nitrogens with zero attached hydrogens (tertiary/aromatic N) is 1. The van der Waals surface area contributed by atoms with Crippen LogP contribution in [0.3, 0.4) is 0 Å². The Morgan fingerprint density at radius 3 is 3.20 bits per heavy atom. The lowest BCUT2D eigenvalue weighted by atomic mass is 10.3. The van der Waals surface area contributed by atoms with E-state index < -0.39 is 0 Å². The van der Waals surface area contributed by atoms with Crippen molar-refractivity contribution in [2.45, 2.75) is 25.4 Å². The van der Waals surface area contributed by atoms with Gasteiger partial charge < -0.3 is 14.7 Å². The van der Waals surface area contributed by atoms with Gasteiger partial charge in [0, 0.05) is 24.5 Å². The topological polar surface area (TPSA) is 53.9 Å². The molecular formula is C11H13N3O. The number of nitrogens with one attached hydrogen (secondary N) is 2. The van der Waals surface area contributed by atoms with Gasteiger partial charge in [0.1, 0.15) is 12.1 Å². The molecular weight excluding hydrogens is 190 g/mol. The molecule has 0 aliphatic heterocycles. The average molecular weight is 203 g/mol.